The molecule has 18 heavy (non-hydrogen) atoms. The number of benzene rings is 1. The van der Waals surface area contributed by atoms with E-state index in [4.69, 9.17) is 21.6 Å². The SMILES string of the molecule is CCc1cc(Oc2cccc(C#N)n2)ccc1Cl. The average Bonchev–Trinajstić information content (AvgIpc) is 2.41. The van der Waals surface area contributed by atoms with Crippen molar-refractivity contribution in [3.63, 3.8) is 0 Å². The molecule has 0 atom stereocenters. The Morgan fingerprint density at radius 3 is 2.89 bits per heavy atom. The van der Waals surface area contributed by atoms with Crippen LogP contribution in [0.5, 0.6) is 11.6 Å². The highest BCUT2D eigenvalue weighted by Gasteiger charge is 2.04. The van der Waals surface area contributed by atoms with Crippen LogP contribution in [0.3, 0.4) is 0 Å². The van der Waals surface area contributed by atoms with Crippen LogP contribution < -0.4 is 4.74 Å². The summed E-state index contributed by atoms with van der Waals surface area (Å²) in [6.45, 7) is 2.03. The highest BCUT2D eigenvalue weighted by atomic mass is 35.5. The first kappa shape index (κ1) is 12.4. The Kier molecular flexibility index (Phi) is 3.81. The fourth-order valence-corrected chi connectivity index (χ4v) is 1.79. The zero-order valence-corrected chi connectivity index (χ0v) is 10.6. The minimum Gasteiger partial charge on any atom is -0.439 e. The molecule has 0 spiro atoms. The van der Waals surface area contributed by atoms with E-state index >= 15 is 0 Å². The van der Waals surface area contributed by atoms with Gasteiger partial charge < -0.3 is 4.74 Å². The minimum atomic E-state index is 0.331. The van der Waals surface area contributed by atoms with E-state index in [0.717, 1.165) is 17.0 Å². The zero-order chi connectivity index (χ0) is 13.0. The molecule has 0 saturated heterocycles. The lowest BCUT2D eigenvalue weighted by Gasteiger charge is -2.07. The third-order valence-corrected chi connectivity index (χ3v) is 2.83. The van der Waals surface area contributed by atoms with E-state index in [9.17, 15) is 0 Å². The van der Waals surface area contributed by atoms with Crippen LogP contribution in [0.2, 0.25) is 5.02 Å². The molecule has 1 heterocycles. The maximum absolute atomic E-state index is 8.76. The van der Waals surface area contributed by atoms with Gasteiger partial charge in [-0.1, -0.05) is 24.6 Å². The number of aryl methyl sites for hydroxylation is 1. The van der Waals surface area contributed by atoms with E-state index in [2.05, 4.69) is 4.98 Å². The highest BCUT2D eigenvalue weighted by Crippen LogP contribution is 2.25. The molecular weight excluding hydrogens is 248 g/mol. The fourth-order valence-electron chi connectivity index (χ4n) is 1.54. The molecule has 0 radical (unpaired) electrons. The number of halogens is 1. The molecule has 0 aliphatic rings. The van der Waals surface area contributed by atoms with Gasteiger partial charge in [-0.25, -0.2) is 4.98 Å². The molecule has 4 heteroatoms. The van der Waals surface area contributed by atoms with Crippen molar-refractivity contribution in [1.29, 1.82) is 5.26 Å². The second kappa shape index (κ2) is 5.52. The van der Waals surface area contributed by atoms with Crippen molar-refractivity contribution < 1.29 is 4.74 Å². The Morgan fingerprint density at radius 1 is 1.33 bits per heavy atom. The molecule has 0 saturated carbocycles. The minimum absolute atomic E-state index is 0.331. The molecule has 90 valence electrons. The summed E-state index contributed by atoms with van der Waals surface area (Å²) in [6.07, 6.45) is 0.835. The largest absolute Gasteiger partial charge is 0.439 e. The van der Waals surface area contributed by atoms with E-state index < -0.39 is 0 Å². The molecule has 1 aromatic carbocycles. The van der Waals surface area contributed by atoms with Crippen molar-refractivity contribution in [1.82, 2.24) is 4.98 Å². The molecule has 2 aromatic rings. The van der Waals surface area contributed by atoms with Crippen LogP contribution in [-0.2, 0) is 6.42 Å². The maximum atomic E-state index is 8.76. The summed E-state index contributed by atoms with van der Waals surface area (Å²) in [7, 11) is 0. The van der Waals surface area contributed by atoms with Crippen LogP contribution in [0.25, 0.3) is 0 Å². The van der Waals surface area contributed by atoms with Gasteiger partial charge in [-0.15, -0.1) is 0 Å². The van der Waals surface area contributed by atoms with Gasteiger partial charge in [0.25, 0.3) is 0 Å². The number of hydrogen-bond acceptors (Lipinski definition) is 3. The third kappa shape index (κ3) is 2.79. The fraction of sp³-hybridized carbons (Fsp3) is 0.143. The van der Waals surface area contributed by atoms with Crippen LogP contribution in [0.15, 0.2) is 36.4 Å². The van der Waals surface area contributed by atoms with Crippen LogP contribution in [-0.4, -0.2) is 4.98 Å². The molecule has 0 aliphatic carbocycles. The van der Waals surface area contributed by atoms with Crippen LogP contribution in [0, 0.1) is 11.3 Å². The van der Waals surface area contributed by atoms with Crippen molar-refractivity contribution in [2.75, 3.05) is 0 Å². The summed E-state index contributed by atoms with van der Waals surface area (Å²) in [5.41, 5.74) is 1.35. The topological polar surface area (TPSA) is 45.9 Å². The molecular formula is C14H11ClN2O. The van der Waals surface area contributed by atoms with Gasteiger partial charge in [0.2, 0.25) is 5.88 Å². The van der Waals surface area contributed by atoms with E-state index in [1.165, 1.54) is 0 Å². The number of nitriles is 1. The summed E-state index contributed by atoms with van der Waals surface area (Å²) in [5, 5.41) is 9.49. The Morgan fingerprint density at radius 2 is 2.17 bits per heavy atom. The Hall–Kier alpha value is -2.05. The van der Waals surface area contributed by atoms with Gasteiger partial charge >= 0.3 is 0 Å². The zero-order valence-electron chi connectivity index (χ0n) is 9.85. The maximum Gasteiger partial charge on any atom is 0.220 e. The molecule has 3 nitrogen and oxygen atoms in total. The van der Waals surface area contributed by atoms with Gasteiger partial charge in [-0.3, -0.25) is 0 Å². The monoisotopic (exact) mass is 258 g/mol. The lowest BCUT2D eigenvalue weighted by atomic mass is 10.1. The summed E-state index contributed by atoms with van der Waals surface area (Å²) in [4.78, 5) is 4.05. The highest BCUT2D eigenvalue weighted by molar-refractivity contribution is 6.31. The first-order chi connectivity index (χ1) is 8.72. The second-order valence-electron chi connectivity index (χ2n) is 3.68. The Balaban J connectivity index is 2.26. The number of pyridine rings is 1. The van der Waals surface area contributed by atoms with Crippen molar-refractivity contribution in [2.24, 2.45) is 0 Å². The number of hydrogen-bond donors (Lipinski definition) is 0. The van der Waals surface area contributed by atoms with Gasteiger partial charge in [0, 0.05) is 11.1 Å². The smallest absolute Gasteiger partial charge is 0.220 e. The molecule has 1 aromatic heterocycles. The number of ether oxygens (including phenoxy) is 1. The summed E-state index contributed by atoms with van der Waals surface area (Å²) < 4.78 is 5.60. The van der Waals surface area contributed by atoms with Crippen LogP contribution in [0.4, 0.5) is 0 Å². The standard InChI is InChI=1S/C14H11ClN2O/c1-2-10-8-12(6-7-13(10)15)18-14-5-3-4-11(9-16)17-14/h3-8H,2H2,1H3. The number of aromatic nitrogens is 1. The summed E-state index contributed by atoms with van der Waals surface area (Å²) in [5.74, 6) is 1.07. The van der Waals surface area contributed by atoms with Crippen molar-refractivity contribution >= 4 is 11.6 Å². The predicted octanol–water partition coefficient (Wildman–Crippen LogP) is 3.96. The first-order valence-corrected chi connectivity index (χ1v) is 5.94. The van der Waals surface area contributed by atoms with E-state index in [1.807, 2.05) is 19.1 Å². The Bertz CT molecular complexity index is 605. The van der Waals surface area contributed by atoms with Gasteiger partial charge in [0.15, 0.2) is 0 Å². The Labute approximate surface area is 111 Å². The summed E-state index contributed by atoms with van der Waals surface area (Å²) >= 11 is 6.03. The third-order valence-electron chi connectivity index (χ3n) is 2.46. The normalized spacial score (nSPS) is 9.83. The number of rotatable bonds is 3. The molecule has 0 fully saturated rings. The lowest BCUT2D eigenvalue weighted by Crippen LogP contribution is -1.91. The molecule has 0 aliphatic heterocycles. The van der Waals surface area contributed by atoms with Crippen molar-refractivity contribution in [3.05, 3.63) is 52.7 Å². The molecule has 0 amide bonds. The molecule has 0 N–H and O–H groups in total. The van der Waals surface area contributed by atoms with Crippen molar-refractivity contribution in [3.8, 4) is 17.7 Å². The van der Waals surface area contributed by atoms with Gasteiger partial charge in [0.05, 0.1) is 0 Å². The van der Waals surface area contributed by atoms with Crippen molar-refractivity contribution in [2.45, 2.75) is 13.3 Å². The van der Waals surface area contributed by atoms with Gasteiger partial charge in [0.1, 0.15) is 17.5 Å². The van der Waals surface area contributed by atoms with Crippen LogP contribution in [0.1, 0.15) is 18.2 Å². The second-order valence-corrected chi connectivity index (χ2v) is 4.09. The number of nitrogens with zero attached hydrogens (tertiary/aromatic N) is 2. The van der Waals surface area contributed by atoms with E-state index in [0.29, 0.717) is 17.3 Å². The van der Waals surface area contributed by atoms with Gasteiger partial charge in [-0.2, -0.15) is 5.26 Å². The predicted molar refractivity (Wildman–Crippen MR) is 69.9 cm³/mol. The van der Waals surface area contributed by atoms with Crippen LogP contribution >= 0.6 is 11.6 Å². The van der Waals surface area contributed by atoms with E-state index in [-0.39, 0.29) is 0 Å². The molecule has 0 unspecified atom stereocenters. The molecule has 2 rings (SSSR count). The average molecular weight is 259 g/mol. The quantitative estimate of drug-likeness (QED) is 0.837. The molecule has 0 bridgehead atoms. The lowest BCUT2D eigenvalue weighted by molar-refractivity contribution is 0.462. The first-order valence-electron chi connectivity index (χ1n) is 5.56. The van der Waals surface area contributed by atoms with E-state index in [1.54, 1.807) is 30.3 Å². The van der Waals surface area contributed by atoms with Gasteiger partial charge in [-0.05, 0) is 36.2 Å². The summed E-state index contributed by atoms with van der Waals surface area (Å²) in [6, 6.07) is 12.5.